The lowest BCUT2D eigenvalue weighted by Gasteiger charge is -2.22. The van der Waals surface area contributed by atoms with Crippen LogP contribution in [0.1, 0.15) is 31.9 Å². The molecule has 0 fully saturated rings. The van der Waals surface area contributed by atoms with Gasteiger partial charge in [-0.2, -0.15) is 0 Å². The van der Waals surface area contributed by atoms with E-state index in [1.807, 2.05) is 19.1 Å². The number of nitrogens with zero attached hydrogens (tertiary/aromatic N) is 2. The molecular weight excluding hydrogens is 506 g/mol. The predicted octanol–water partition coefficient (Wildman–Crippen LogP) is 5.28. The van der Waals surface area contributed by atoms with Crippen molar-refractivity contribution in [2.45, 2.75) is 34.1 Å². The Labute approximate surface area is 228 Å². The third kappa shape index (κ3) is 6.19. The highest BCUT2D eigenvalue weighted by Crippen LogP contribution is 2.38. The number of hydrogen-bond donors (Lipinski definition) is 1. The Morgan fingerprint density at radius 3 is 2.16 bits per heavy atom. The maximum absolute atomic E-state index is 12.9. The maximum Gasteiger partial charge on any atom is 0.228 e. The molecule has 0 radical (unpaired) electrons. The van der Waals surface area contributed by atoms with Gasteiger partial charge >= 0.3 is 0 Å². The lowest BCUT2D eigenvalue weighted by Crippen LogP contribution is -2.32. The number of methoxy groups -OCH3 is 3. The summed E-state index contributed by atoms with van der Waals surface area (Å²) >= 11 is 6.38. The van der Waals surface area contributed by atoms with Crippen LogP contribution in [-0.2, 0) is 16.0 Å². The van der Waals surface area contributed by atoms with E-state index in [0.717, 1.165) is 30.0 Å². The third-order valence-electron chi connectivity index (χ3n) is 6.35. The van der Waals surface area contributed by atoms with Gasteiger partial charge in [0.2, 0.25) is 17.4 Å². The monoisotopic (exact) mass is 539 g/mol. The van der Waals surface area contributed by atoms with Crippen LogP contribution in [0.4, 0.5) is 11.4 Å². The number of anilines is 1. The number of ketones is 1. The van der Waals surface area contributed by atoms with Gasteiger partial charge in [-0.15, -0.1) is 0 Å². The zero-order valence-electron chi connectivity index (χ0n) is 22.9. The number of halogens is 1. The van der Waals surface area contributed by atoms with Crippen LogP contribution in [0.5, 0.6) is 17.2 Å². The number of ether oxygens (including phenoxy) is 3. The molecule has 0 atom stereocenters. The first-order valence-corrected chi connectivity index (χ1v) is 12.7. The molecule has 1 aliphatic rings. The Hall–Kier alpha value is -3.78. The number of carbonyl (C=O) groups is 2. The summed E-state index contributed by atoms with van der Waals surface area (Å²) in [6.07, 6.45) is 1.54. The molecule has 2 aromatic carbocycles. The highest BCUT2D eigenvalue weighted by atomic mass is 35.5. The van der Waals surface area contributed by atoms with Crippen molar-refractivity contribution in [2.75, 3.05) is 39.3 Å². The molecular formula is C29H34ClN3O5. The van der Waals surface area contributed by atoms with E-state index < -0.39 is 11.7 Å². The zero-order chi connectivity index (χ0) is 28.0. The normalized spacial score (nSPS) is 14.4. The Morgan fingerprint density at radius 2 is 1.63 bits per heavy atom. The molecule has 0 saturated carbocycles. The lowest BCUT2D eigenvalue weighted by molar-refractivity contribution is -0.121. The molecule has 3 rings (SSSR count). The minimum Gasteiger partial charge on any atom is -0.493 e. The molecule has 0 spiro atoms. The van der Waals surface area contributed by atoms with Gasteiger partial charge in [-0.1, -0.05) is 11.6 Å². The van der Waals surface area contributed by atoms with Crippen LogP contribution in [0.2, 0.25) is 0 Å². The number of amides is 1. The van der Waals surface area contributed by atoms with Crippen molar-refractivity contribution in [3.05, 3.63) is 63.8 Å². The van der Waals surface area contributed by atoms with E-state index >= 15 is 0 Å². The Kier molecular flexibility index (Phi) is 9.58. The van der Waals surface area contributed by atoms with E-state index in [1.165, 1.54) is 21.3 Å². The van der Waals surface area contributed by atoms with Crippen molar-refractivity contribution >= 4 is 40.4 Å². The first kappa shape index (κ1) is 28.8. The number of aliphatic imine (C=N–C) groups is 1. The summed E-state index contributed by atoms with van der Waals surface area (Å²) in [5.74, 6) is 0.428. The fraction of sp³-hybridized carbons (Fsp3) is 0.345. The van der Waals surface area contributed by atoms with Crippen molar-refractivity contribution in [1.82, 2.24) is 5.32 Å². The molecule has 1 N–H and O–H groups in total. The number of carbonyl (C=O) groups excluding carboxylic acids is 2. The minimum atomic E-state index is -0.463. The van der Waals surface area contributed by atoms with Crippen molar-refractivity contribution in [2.24, 2.45) is 4.99 Å². The number of benzene rings is 2. The fourth-order valence-electron chi connectivity index (χ4n) is 4.22. The summed E-state index contributed by atoms with van der Waals surface area (Å²) in [4.78, 5) is 32.8. The summed E-state index contributed by atoms with van der Waals surface area (Å²) in [5.41, 5.74) is 4.61. The average Bonchev–Trinajstić information content (AvgIpc) is 2.91. The zero-order valence-corrected chi connectivity index (χ0v) is 23.7. The molecule has 0 aromatic heterocycles. The van der Waals surface area contributed by atoms with Gasteiger partial charge in [0.1, 0.15) is 0 Å². The first-order valence-electron chi connectivity index (χ1n) is 12.3. The number of nitrogens with one attached hydrogen (secondary N) is 1. The van der Waals surface area contributed by atoms with Crippen LogP contribution in [0, 0.1) is 6.92 Å². The summed E-state index contributed by atoms with van der Waals surface area (Å²) in [6.45, 7) is 9.78. The van der Waals surface area contributed by atoms with Crippen molar-refractivity contribution in [3.63, 3.8) is 0 Å². The van der Waals surface area contributed by atoms with E-state index in [4.69, 9.17) is 30.8 Å². The third-order valence-corrected chi connectivity index (χ3v) is 6.81. The quantitative estimate of drug-likeness (QED) is 0.413. The van der Waals surface area contributed by atoms with Gasteiger partial charge in [-0.05, 0) is 80.8 Å². The highest BCUT2D eigenvalue weighted by molar-refractivity contribution is 6.49. The molecule has 1 amide bonds. The van der Waals surface area contributed by atoms with Gasteiger partial charge in [0, 0.05) is 18.8 Å². The summed E-state index contributed by atoms with van der Waals surface area (Å²) in [7, 11) is 4.51. The lowest BCUT2D eigenvalue weighted by atomic mass is 10.0. The second-order valence-corrected chi connectivity index (χ2v) is 9.10. The largest absolute Gasteiger partial charge is 0.493 e. The van der Waals surface area contributed by atoms with Gasteiger partial charge in [0.05, 0.1) is 49.9 Å². The molecule has 9 heteroatoms. The average molecular weight is 540 g/mol. The maximum atomic E-state index is 12.9. The van der Waals surface area contributed by atoms with Gasteiger partial charge in [0.25, 0.3) is 0 Å². The number of hydrogen-bond acceptors (Lipinski definition) is 7. The molecule has 0 saturated heterocycles. The van der Waals surface area contributed by atoms with Crippen LogP contribution in [0.3, 0.4) is 0 Å². The van der Waals surface area contributed by atoms with Gasteiger partial charge < -0.3 is 24.4 Å². The molecule has 0 unspecified atom stereocenters. The number of aryl methyl sites for hydroxylation is 1. The molecule has 8 nitrogen and oxygen atoms in total. The van der Waals surface area contributed by atoms with Crippen molar-refractivity contribution < 1.29 is 23.8 Å². The molecule has 0 heterocycles. The summed E-state index contributed by atoms with van der Waals surface area (Å²) in [5, 5.41) is 2.72. The van der Waals surface area contributed by atoms with Crippen molar-refractivity contribution in [3.8, 4) is 17.2 Å². The van der Waals surface area contributed by atoms with Gasteiger partial charge in [0.15, 0.2) is 11.5 Å². The second kappa shape index (κ2) is 12.6. The minimum absolute atomic E-state index is 0.0201. The number of allylic oxidation sites excluding steroid dienone is 3. The smallest absolute Gasteiger partial charge is 0.228 e. The van der Waals surface area contributed by atoms with Gasteiger partial charge in [-0.3, -0.25) is 9.59 Å². The molecule has 2 aromatic rings. The molecule has 202 valence electrons. The first-order chi connectivity index (χ1) is 18.2. The summed E-state index contributed by atoms with van der Waals surface area (Å²) in [6, 6.07) is 9.44. The second-order valence-electron chi connectivity index (χ2n) is 8.72. The molecule has 0 bridgehead atoms. The summed E-state index contributed by atoms with van der Waals surface area (Å²) < 4.78 is 16.1. The number of rotatable bonds is 10. The van der Waals surface area contributed by atoms with Crippen molar-refractivity contribution in [1.29, 1.82) is 0 Å². The predicted molar refractivity (Wildman–Crippen MR) is 151 cm³/mol. The van der Waals surface area contributed by atoms with Crippen LogP contribution < -0.4 is 24.4 Å². The van der Waals surface area contributed by atoms with Crippen LogP contribution in [-0.4, -0.2) is 51.8 Å². The Balaban J connectivity index is 1.88. The Bertz CT molecular complexity index is 1300. The standard InChI is InChI=1S/C29H34ClN3O5/c1-8-33(9-2)20-10-11-21(17(3)12-20)31-22-16-23(28(35)27(30)18(22)4)32-26(34)15-19-13-24(36-5)29(38-7)25(14-19)37-6/h10-14,16H,8-9,15H2,1-7H3,(H,32,34). The van der Waals surface area contributed by atoms with E-state index in [9.17, 15) is 9.59 Å². The topological polar surface area (TPSA) is 89.5 Å². The fourth-order valence-corrected chi connectivity index (χ4v) is 4.42. The number of Topliss-reactive ketones (excluding diaryl/α,β-unsaturated/α-hetero) is 1. The highest BCUT2D eigenvalue weighted by Gasteiger charge is 2.26. The van der Waals surface area contributed by atoms with Crippen LogP contribution in [0.15, 0.2) is 57.7 Å². The molecule has 38 heavy (non-hydrogen) atoms. The Morgan fingerprint density at radius 1 is 1.00 bits per heavy atom. The van der Waals surface area contributed by atoms with Crippen LogP contribution >= 0.6 is 11.6 Å². The molecule has 0 aliphatic heterocycles. The van der Waals surface area contributed by atoms with E-state index in [-0.39, 0.29) is 17.2 Å². The van der Waals surface area contributed by atoms with Gasteiger partial charge in [-0.25, -0.2) is 4.99 Å². The van der Waals surface area contributed by atoms with E-state index in [0.29, 0.717) is 34.1 Å². The molecule has 1 aliphatic carbocycles. The van der Waals surface area contributed by atoms with E-state index in [1.54, 1.807) is 25.1 Å². The SMILES string of the molecule is CCN(CC)c1ccc(N=C2C=C(NC(=O)Cc3cc(OC)c(OC)c(OC)c3)C(=O)C(Cl)=C2C)c(C)c1. The van der Waals surface area contributed by atoms with E-state index in [2.05, 4.69) is 30.1 Å². The van der Waals surface area contributed by atoms with Crippen LogP contribution in [0.25, 0.3) is 0 Å².